The molecule has 0 radical (unpaired) electrons. The quantitative estimate of drug-likeness (QED) is 0.493. The van der Waals surface area contributed by atoms with Gasteiger partial charge in [-0.2, -0.15) is 0 Å². The van der Waals surface area contributed by atoms with Crippen molar-refractivity contribution in [1.29, 1.82) is 0 Å². The molecule has 5 heteroatoms. The number of hydrogen-bond donors (Lipinski definition) is 2. The number of aromatic nitrogens is 3. The first-order valence-corrected chi connectivity index (χ1v) is 10.3. The highest BCUT2D eigenvalue weighted by Crippen LogP contribution is 2.26. The molecule has 0 aliphatic rings. The molecule has 3 aromatic rings. The molecule has 3 rings (SSSR count). The van der Waals surface area contributed by atoms with Gasteiger partial charge in [-0.1, -0.05) is 20.3 Å². The van der Waals surface area contributed by atoms with Crippen LogP contribution < -0.4 is 5.32 Å². The van der Waals surface area contributed by atoms with Crippen LogP contribution in [0.5, 0.6) is 0 Å². The molecule has 0 bridgehead atoms. The largest absolute Gasteiger partial charge is 0.358 e. The Labute approximate surface area is 173 Å². The monoisotopic (exact) mass is 390 g/mol. The minimum Gasteiger partial charge on any atom is -0.358 e. The number of pyridine rings is 2. The Balaban J connectivity index is 1.83. The summed E-state index contributed by atoms with van der Waals surface area (Å²) in [5.41, 5.74) is 6.76. The number of nitrogens with one attached hydrogen (secondary N) is 2. The number of rotatable bonds is 10. The highest BCUT2D eigenvalue weighted by molar-refractivity contribution is 5.81. The second-order valence-electron chi connectivity index (χ2n) is 7.89. The van der Waals surface area contributed by atoms with Gasteiger partial charge in [0.15, 0.2) is 6.29 Å². The third kappa shape index (κ3) is 5.61. The molecule has 29 heavy (non-hydrogen) atoms. The van der Waals surface area contributed by atoms with Crippen LogP contribution in [-0.4, -0.2) is 34.8 Å². The average molecular weight is 391 g/mol. The van der Waals surface area contributed by atoms with Crippen molar-refractivity contribution in [2.24, 2.45) is 5.92 Å². The lowest BCUT2D eigenvalue weighted by atomic mass is 10.0. The molecular formula is C24H30N4O. The second kappa shape index (κ2) is 10.1. The lowest BCUT2D eigenvalue weighted by Gasteiger charge is -2.07. The van der Waals surface area contributed by atoms with Gasteiger partial charge in [0.1, 0.15) is 0 Å². The van der Waals surface area contributed by atoms with Gasteiger partial charge in [-0.3, -0.25) is 14.8 Å². The molecule has 3 aromatic heterocycles. The van der Waals surface area contributed by atoms with Gasteiger partial charge in [0.05, 0.1) is 5.69 Å². The Hall–Kier alpha value is -2.79. The molecule has 0 aliphatic carbocycles. The molecule has 0 fully saturated rings. The molecular weight excluding hydrogens is 360 g/mol. The van der Waals surface area contributed by atoms with Crippen LogP contribution in [0.4, 0.5) is 0 Å². The fraction of sp³-hybridized carbons (Fsp3) is 0.375. The third-order valence-electron chi connectivity index (χ3n) is 5.09. The maximum absolute atomic E-state index is 11.4. The topological polar surface area (TPSA) is 70.7 Å². The molecule has 0 saturated carbocycles. The van der Waals surface area contributed by atoms with E-state index in [4.69, 9.17) is 0 Å². The first-order valence-electron chi connectivity index (χ1n) is 10.3. The summed E-state index contributed by atoms with van der Waals surface area (Å²) >= 11 is 0. The summed E-state index contributed by atoms with van der Waals surface area (Å²) in [6.45, 7) is 5.33. The number of aldehydes is 1. The average Bonchev–Trinajstić information content (AvgIpc) is 3.15. The lowest BCUT2D eigenvalue weighted by molar-refractivity contribution is 0.112. The molecule has 0 aliphatic heterocycles. The van der Waals surface area contributed by atoms with Crippen LogP contribution in [0.2, 0.25) is 0 Å². The first kappa shape index (κ1) is 20.9. The number of aromatic amines is 1. The molecule has 0 amide bonds. The molecule has 0 spiro atoms. The van der Waals surface area contributed by atoms with Gasteiger partial charge < -0.3 is 10.3 Å². The fourth-order valence-corrected chi connectivity index (χ4v) is 3.47. The standard InChI is InChI=1S/C24H30N4O/c1-17(2)5-4-6-18-11-20(15-26-14-18)23-12-19(7-10-27-23)24-13-21(16-29)22(28-24)8-9-25-3/h7,10-17,25,28H,4-6,8-9H2,1-3H3. The maximum Gasteiger partial charge on any atom is 0.151 e. The SMILES string of the molecule is CNCCc1[nH]c(-c2ccnc(-c3cncc(CCCC(C)C)c3)c2)cc1C=O. The number of H-pyrrole nitrogens is 1. The second-order valence-corrected chi connectivity index (χ2v) is 7.89. The van der Waals surface area contributed by atoms with Gasteiger partial charge in [-0.15, -0.1) is 0 Å². The zero-order chi connectivity index (χ0) is 20.6. The third-order valence-corrected chi connectivity index (χ3v) is 5.09. The predicted molar refractivity (Wildman–Crippen MR) is 118 cm³/mol. The number of nitrogens with zero attached hydrogens (tertiary/aromatic N) is 2. The van der Waals surface area contributed by atoms with E-state index in [9.17, 15) is 4.79 Å². The van der Waals surface area contributed by atoms with Crippen LogP contribution in [0.3, 0.4) is 0 Å². The summed E-state index contributed by atoms with van der Waals surface area (Å²) in [7, 11) is 1.91. The van der Waals surface area contributed by atoms with E-state index in [1.54, 1.807) is 0 Å². The highest BCUT2D eigenvalue weighted by atomic mass is 16.1. The van der Waals surface area contributed by atoms with Crippen molar-refractivity contribution in [3.05, 3.63) is 59.7 Å². The Morgan fingerprint density at radius 3 is 2.76 bits per heavy atom. The molecule has 0 aromatic carbocycles. The summed E-state index contributed by atoms with van der Waals surface area (Å²) in [4.78, 5) is 23.8. The Bertz CT molecular complexity index is 946. The van der Waals surface area contributed by atoms with Crippen LogP contribution >= 0.6 is 0 Å². The van der Waals surface area contributed by atoms with E-state index in [1.165, 1.54) is 18.4 Å². The summed E-state index contributed by atoms with van der Waals surface area (Å²) in [6.07, 6.45) is 10.7. The predicted octanol–water partition coefficient (Wildman–Crippen LogP) is 4.69. The highest BCUT2D eigenvalue weighted by Gasteiger charge is 2.11. The number of likely N-dealkylation sites (N-methyl/N-ethyl adjacent to an activating group) is 1. The van der Waals surface area contributed by atoms with Crippen molar-refractivity contribution in [3.63, 3.8) is 0 Å². The molecule has 0 unspecified atom stereocenters. The number of carbonyl (C=O) groups excluding carboxylic acids is 1. The lowest BCUT2D eigenvalue weighted by Crippen LogP contribution is -2.11. The van der Waals surface area contributed by atoms with Crippen LogP contribution in [0.15, 0.2) is 42.9 Å². The number of aryl methyl sites for hydroxylation is 1. The van der Waals surface area contributed by atoms with E-state index in [2.05, 4.69) is 46.2 Å². The molecule has 0 atom stereocenters. The number of carbonyl (C=O) groups is 1. The Kier molecular flexibility index (Phi) is 7.30. The van der Waals surface area contributed by atoms with Gasteiger partial charge in [-0.05, 0) is 55.6 Å². The maximum atomic E-state index is 11.4. The minimum absolute atomic E-state index is 0.711. The smallest absolute Gasteiger partial charge is 0.151 e. The normalized spacial score (nSPS) is 11.2. The van der Waals surface area contributed by atoms with Crippen LogP contribution in [0.25, 0.3) is 22.5 Å². The first-order chi connectivity index (χ1) is 14.1. The zero-order valence-electron chi connectivity index (χ0n) is 17.5. The van der Waals surface area contributed by atoms with Crippen molar-refractivity contribution in [2.75, 3.05) is 13.6 Å². The van der Waals surface area contributed by atoms with Crippen molar-refractivity contribution >= 4 is 6.29 Å². The van der Waals surface area contributed by atoms with Crippen LogP contribution in [0, 0.1) is 5.92 Å². The van der Waals surface area contributed by atoms with Crippen molar-refractivity contribution in [3.8, 4) is 22.5 Å². The van der Waals surface area contributed by atoms with E-state index in [0.29, 0.717) is 5.56 Å². The molecule has 0 saturated heterocycles. The van der Waals surface area contributed by atoms with E-state index < -0.39 is 0 Å². The van der Waals surface area contributed by atoms with E-state index >= 15 is 0 Å². The van der Waals surface area contributed by atoms with Crippen LogP contribution in [0.1, 0.15) is 48.3 Å². The Morgan fingerprint density at radius 1 is 1.14 bits per heavy atom. The Morgan fingerprint density at radius 2 is 2.00 bits per heavy atom. The van der Waals surface area contributed by atoms with Crippen molar-refractivity contribution in [2.45, 2.75) is 39.5 Å². The molecule has 2 N–H and O–H groups in total. The summed E-state index contributed by atoms with van der Waals surface area (Å²) < 4.78 is 0. The molecule has 152 valence electrons. The van der Waals surface area contributed by atoms with Crippen LogP contribution in [-0.2, 0) is 12.8 Å². The van der Waals surface area contributed by atoms with Gasteiger partial charge >= 0.3 is 0 Å². The summed E-state index contributed by atoms with van der Waals surface area (Å²) in [5.74, 6) is 0.722. The fourth-order valence-electron chi connectivity index (χ4n) is 3.47. The van der Waals surface area contributed by atoms with Gasteiger partial charge in [0, 0.05) is 59.6 Å². The van der Waals surface area contributed by atoms with E-state index in [1.807, 2.05) is 37.8 Å². The van der Waals surface area contributed by atoms with Gasteiger partial charge in [0.25, 0.3) is 0 Å². The van der Waals surface area contributed by atoms with Gasteiger partial charge in [-0.25, -0.2) is 0 Å². The number of hydrogen-bond acceptors (Lipinski definition) is 4. The molecule has 3 heterocycles. The van der Waals surface area contributed by atoms with Gasteiger partial charge in [0.2, 0.25) is 0 Å². The van der Waals surface area contributed by atoms with E-state index in [-0.39, 0.29) is 0 Å². The zero-order valence-corrected chi connectivity index (χ0v) is 17.5. The summed E-state index contributed by atoms with van der Waals surface area (Å²) in [6, 6.07) is 8.11. The van der Waals surface area contributed by atoms with Crippen molar-refractivity contribution < 1.29 is 4.79 Å². The molecule has 5 nitrogen and oxygen atoms in total. The van der Waals surface area contributed by atoms with E-state index in [0.717, 1.165) is 59.8 Å². The minimum atomic E-state index is 0.711. The summed E-state index contributed by atoms with van der Waals surface area (Å²) in [5, 5.41) is 3.12. The van der Waals surface area contributed by atoms with Crippen molar-refractivity contribution in [1.82, 2.24) is 20.3 Å².